The Morgan fingerprint density at radius 1 is 1.55 bits per heavy atom. The second kappa shape index (κ2) is 5.28. The zero-order valence-corrected chi connectivity index (χ0v) is 11.8. The summed E-state index contributed by atoms with van der Waals surface area (Å²) in [6, 6.07) is 4.41. The van der Waals surface area contributed by atoms with Gasteiger partial charge in [-0.2, -0.15) is 0 Å². The van der Waals surface area contributed by atoms with Gasteiger partial charge in [-0.1, -0.05) is 13.8 Å². The first-order valence-electron chi connectivity index (χ1n) is 6.59. The molecule has 6 nitrogen and oxygen atoms in total. The van der Waals surface area contributed by atoms with Crippen LogP contribution in [0.25, 0.3) is 0 Å². The van der Waals surface area contributed by atoms with E-state index in [-0.39, 0.29) is 23.0 Å². The Morgan fingerprint density at radius 3 is 2.75 bits per heavy atom. The van der Waals surface area contributed by atoms with Gasteiger partial charge in [-0.15, -0.1) is 0 Å². The van der Waals surface area contributed by atoms with Crippen molar-refractivity contribution in [3.05, 3.63) is 28.3 Å². The van der Waals surface area contributed by atoms with Crippen molar-refractivity contribution in [1.29, 1.82) is 0 Å². The summed E-state index contributed by atoms with van der Waals surface area (Å²) in [6.07, 6.45) is 0.574. The zero-order valence-electron chi connectivity index (χ0n) is 11.8. The van der Waals surface area contributed by atoms with E-state index in [1.165, 1.54) is 25.3 Å². The fourth-order valence-corrected chi connectivity index (χ4v) is 2.46. The van der Waals surface area contributed by atoms with Crippen molar-refractivity contribution >= 4 is 5.69 Å². The van der Waals surface area contributed by atoms with E-state index in [4.69, 9.17) is 9.47 Å². The molecule has 1 aliphatic carbocycles. The van der Waals surface area contributed by atoms with Gasteiger partial charge in [0.05, 0.1) is 18.1 Å². The van der Waals surface area contributed by atoms with Crippen LogP contribution in [0.4, 0.5) is 5.69 Å². The van der Waals surface area contributed by atoms with Gasteiger partial charge < -0.3 is 14.6 Å². The molecule has 1 aromatic carbocycles. The number of nitro groups is 1. The monoisotopic (exact) mass is 281 g/mol. The molecule has 110 valence electrons. The highest BCUT2D eigenvalue weighted by atomic mass is 16.6. The molecule has 3 unspecified atom stereocenters. The second-order valence-electron chi connectivity index (χ2n) is 5.31. The lowest BCUT2D eigenvalue weighted by Crippen LogP contribution is -2.57. The van der Waals surface area contributed by atoms with Crippen molar-refractivity contribution in [2.24, 2.45) is 5.41 Å². The number of nitrogens with zero attached hydrogens (tertiary/aromatic N) is 1. The van der Waals surface area contributed by atoms with Gasteiger partial charge in [-0.05, 0) is 12.5 Å². The minimum absolute atomic E-state index is 0.0920. The molecule has 6 heteroatoms. The van der Waals surface area contributed by atoms with Crippen molar-refractivity contribution in [3.63, 3.8) is 0 Å². The summed E-state index contributed by atoms with van der Waals surface area (Å²) in [5.41, 5.74) is -0.456. The highest BCUT2D eigenvalue weighted by molar-refractivity contribution is 5.50. The van der Waals surface area contributed by atoms with E-state index in [1.807, 2.05) is 13.8 Å². The molecule has 0 aromatic heterocycles. The number of rotatable bonds is 5. The lowest BCUT2D eigenvalue weighted by Gasteiger charge is -2.50. The van der Waals surface area contributed by atoms with Crippen LogP contribution >= 0.6 is 0 Å². The van der Waals surface area contributed by atoms with Gasteiger partial charge >= 0.3 is 5.69 Å². The molecule has 2 rings (SSSR count). The quantitative estimate of drug-likeness (QED) is 0.662. The van der Waals surface area contributed by atoms with Gasteiger partial charge in [0, 0.05) is 24.0 Å². The largest absolute Gasteiger partial charge is 0.497 e. The van der Waals surface area contributed by atoms with Crippen LogP contribution in [-0.2, 0) is 0 Å². The SMILES string of the molecule is CCC1(C)C(O)CC1Oc1cc(OC)ccc1[N+](=O)[O-]. The standard InChI is InChI=1S/C14H19NO5/c1-4-14(2)12(16)8-13(14)20-11-7-9(19-3)5-6-10(11)15(17)18/h5-7,12-13,16H,4,8H2,1-3H3. The van der Waals surface area contributed by atoms with Crippen LogP contribution in [0.15, 0.2) is 18.2 Å². The Labute approximate surface area is 117 Å². The van der Waals surface area contributed by atoms with E-state index in [0.717, 1.165) is 6.42 Å². The Bertz CT molecular complexity index is 518. The van der Waals surface area contributed by atoms with Crippen LogP contribution < -0.4 is 9.47 Å². The van der Waals surface area contributed by atoms with E-state index in [1.54, 1.807) is 0 Å². The molecule has 0 amide bonds. The van der Waals surface area contributed by atoms with Gasteiger partial charge in [-0.25, -0.2) is 0 Å². The predicted octanol–water partition coefficient (Wildman–Crippen LogP) is 2.53. The fraction of sp³-hybridized carbons (Fsp3) is 0.571. The highest BCUT2D eigenvalue weighted by Crippen LogP contribution is 2.47. The summed E-state index contributed by atoms with van der Waals surface area (Å²) in [5.74, 6) is 0.689. The smallest absolute Gasteiger partial charge is 0.311 e. The van der Waals surface area contributed by atoms with Crippen molar-refractivity contribution in [2.75, 3.05) is 7.11 Å². The molecule has 1 aromatic rings. The third-order valence-corrected chi connectivity index (χ3v) is 4.33. The summed E-state index contributed by atoms with van der Waals surface area (Å²) in [4.78, 5) is 10.6. The van der Waals surface area contributed by atoms with Crippen LogP contribution in [0.3, 0.4) is 0 Å². The molecule has 3 atom stereocenters. The Hall–Kier alpha value is -1.82. The molecule has 0 aliphatic heterocycles. The molecule has 1 N–H and O–H groups in total. The number of aliphatic hydroxyl groups excluding tert-OH is 1. The molecular formula is C14H19NO5. The molecule has 1 aliphatic rings. The van der Waals surface area contributed by atoms with Crippen molar-refractivity contribution < 1.29 is 19.5 Å². The van der Waals surface area contributed by atoms with E-state index in [2.05, 4.69) is 0 Å². The first kappa shape index (κ1) is 14.6. The minimum atomic E-state index is -0.479. The van der Waals surface area contributed by atoms with E-state index < -0.39 is 11.0 Å². The zero-order chi connectivity index (χ0) is 14.9. The van der Waals surface area contributed by atoms with Crippen LogP contribution in [0.5, 0.6) is 11.5 Å². The van der Waals surface area contributed by atoms with E-state index >= 15 is 0 Å². The molecule has 0 heterocycles. The van der Waals surface area contributed by atoms with Gasteiger partial charge in [0.15, 0.2) is 0 Å². The molecule has 0 saturated heterocycles. The lowest BCUT2D eigenvalue weighted by atomic mass is 9.63. The van der Waals surface area contributed by atoms with Gasteiger partial charge in [0.1, 0.15) is 11.9 Å². The summed E-state index contributed by atoms with van der Waals surface area (Å²) in [5, 5.41) is 20.9. The normalized spacial score (nSPS) is 28.6. The molecule has 1 saturated carbocycles. The number of ether oxygens (including phenoxy) is 2. The number of methoxy groups -OCH3 is 1. The molecule has 0 radical (unpaired) electrons. The Kier molecular flexibility index (Phi) is 3.85. The molecule has 20 heavy (non-hydrogen) atoms. The highest BCUT2D eigenvalue weighted by Gasteiger charge is 2.52. The maximum absolute atomic E-state index is 11.0. The summed E-state index contributed by atoms with van der Waals surface area (Å²) >= 11 is 0. The topological polar surface area (TPSA) is 81.8 Å². The van der Waals surface area contributed by atoms with Crippen LogP contribution in [0.2, 0.25) is 0 Å². The number of benzene rings is 1. The number of hydrogen-bond donors (Lipinski definition) is 1. The Balaban J connectivity index is 2.26. The number of nitro benzene ring substituents is 1. The molecular weight excluding hydrogens is 262 g/mol. The molecule has 0 spiro atoms. The maximum Gasteiger partial charge on any atom is 0.311 e. The average Bonchev–Trinajstić information content (AvgIpc) is 2.45. The van der Waals surface area contributed by atoms with Crippen LogP contribution in [0, 0.1) is 15.5 Å². The predicted molar refractivity (Wildman–Crippen MR) is 73.1 cm³/mol. The maximum atomic E-state index is 11.0. The van der Waals surface area contributed by atoms with Crippen molar-refractivity contribution in [2.45, 2.75) is 38.9 Å². The minimum Gasteiger partial charge on any atom is -0.497 e. The summed E-state index contributed by atoms with van der Waals surface area (Å²) in [7, 11) is 1.49. The van der Waals surface area contributed by atoms with Crippen LogP contribution in [0.1, 0.15) is 26.7 Å². The summed E-state index contributed by atoms with van der Waals surface area (Å²) in [6.45, 7) is 3.90. The number of aliphatic hydroxyl groups is 1. The number of hydrogen-bond acceptors (Lipinski definition) is 5. The third-order valence-electron chi connectivity index (χ3n) is 4.33. The molecule has 0 bridgehead atoms. The van der Waals surface area contributed by atoms with E-state index in [0.29, 0.717) is 12.2 Å². The summed E-state index contributed by atoms with van der Waals surface area (Å²) < 4.78 is 10.9. The first-order chi connectivity index (χ1) is 9.42. The Morgan fingerprint density at radius 2 is 2.25 bits per heavy atom. The van der Waals surface area contributed by atoms with Crippen molar-refractivity contribution in [3.8, 4) is 11.5 Å². The first-order valence-corrected chi connectivity index (χ1v) is 6.59. The van der Waals surface area contributed by atoms with Gasteiger partial charge in [0.2, 0.25) is 5.75 Å². The van der Waals surface area contributed by atoms with E-state index in [9.17, 15) is 15.2 Å². The average molecular weight is 281 g/mol. The second-order valence-corrected chi connectivity index (χ2v) is 5.31. The molecule has 1 fully saturated rings. The van der Waals surface area contributed by atoms with Gasteiger partial charge in [0.25, 0.3) is 0 Å². The third kappa shape index (κ3) is 2.31. The lowest BCUT2D eigenvalue weighted by molar-refractivity contribution is -0.386. The van der Waals surface area contributed by atoms with Crippen molar-refractivity contribution in [1.82, 2.24) is 0 Å². The van der Waals surface area contributed by atoms with Gasteiger partial charge in [-0.3, -0.25) is 10.1 Å². The van der Waals surface area contributed by atoms with Crippen LogP contribution in [-0.4, -0.2) is 29.3 Å². The fourth-order valence-electron chi connectivity index (χ4n) is 2.46.